The van der Waals surface area contributed by atoms with E-state index in [1.165, 1.54) is 7.11 Å². The molecule has 0 unspecified atom stereocenters. The van der Waals surface area contributed by atoms with Crippen molar-refractivity contribution < 1.29 is 9.84 Å². The van der Waals surface area contributed by atoms with E-state index in [9.17, 15) is 5.11 Å². The summed E-state index contributed by atoms with van der Waals surface area (Å²) in [5, 5.41) is 15.5. The van der Waals surface area contributed by atoms with E-state index >= 15 is 0 Å². The Morgan fingerprint density at radius 3 is 2.52 bits per heavy atom. The van der Waals surface area contributed by atoms with Gasteiger partial charge in [0.2, 0.25) is 11.9 Å². The number of nitrogens with zero attached hydrogens (tertiary/aromatic N) is 4. The number of aromatic hydroxyl groups is 1. The molecular formula is C17H18N6O2. The van der Waals surface area contributed by atoms with E-state index in [0.29, 0.717) is 24.3 Å². The van der Waals surface area contributed by atoms with Crippen molar-refractivity contribution in [2.75, 3.05) is 24.3 Å². The molecule has 0 spiro atoms. The van der Waals surface area contributed by atoms with Crippen LogP contribution in [0.25, 0.3) is 0 Å². The summed E-state index contributed by atoms with van der Waals surface area (Å²) < 4.78 is 5.12. The number of nitrogens with one attached hydrogen (secondary N) is 2. The van der Waals surface area contributed by atoms with Crippen LogP contribution in [0.15, 0.2) is 48.7 Å². The highest BCUT2D eigenvalue weighted by Crippen LogP contribution is 2.15. The molecule has 0 saturated carbocycles. The Morgan fingerprint density at radius 1 is 1.00 bits per heavy atom. The Morgan fingerprint density at radius 2 is 1.80 bits per heavy atom. The Labute approximate surface area is 145 Å². The van der Waals surface area contributed by atoms with E-state index in [0.717, 1.165) is 12.0 Å². The number of pyridine rings is 1. The minimum Gasteiger partial charge on any atom is -0.508 e. The van der Waals surface area contributed by atoms with Crippen molar-refractivity contribution in [2.24, 2.45) is 0 Å². The van der Waals surface area contributed by atoms with Gasteiger partial charge in [-0.3, -0.25) is 0 Å². The van der Waals surface area contributed by atoms with Crippen molar-refractivity contribution in [2.45, 2.75) is 6.42 Å². The van der Waals surface area contributed by atoms with Crippen LogP contribution >= 0.6 is 0 Å². The fourth-order valence-corrected chi connectivity index (χ4v) is 2.12. The van der Waals surface area contributed by atoms with Gasteiger partial charge in [0, 0.05) is 12.7 Å². The smallest absolute Gasteiger partial charge is 0.322 e. The van der Waals surface area contributed by atoms with Gasteiger partial charge < -0.3 is 20.5 Å². The standard InChI is InChI=1S/C17H18N6O2/c1-25-17-22-15(19-11-9-12-5-7-13(24)8-6-12)21-16(23-17)20-14-4-2-3-10-18-14/h2-8,10,24H,9,11H2,1H3,(H2,18,19,20,21,22,23). The van der Waals surface area contributed by atoms with Crippen LogP contribution in [0.2, 0.25) is 0 Å². The van der Waals surface area contributed by atoms with Gasteiger partial charge in [0.05, 0.1) is 7.11 Å². The van der Waals surface area contributed by atoms with Crippen molar-refractivity contribution in [3.8, 4) is 11.8 Å². The molecule has 128 valence electrons. The molecule has 0 aliphatic carbocycles. The molecule has 8 nitrogen and oxygen atoms in total. The van der Waals surface area contributed by atoms with Gasteiger partial charge in [-0.1, -0.05) is 18.2 Å². The number of phenols is 1. The largest absolute Gasteiger partial charge is 0.508 e. The summed E-state index contributed by atoms with van der Waals surface area (Å²) in [4.78, 5) is 16.8. The summed E-state index contributed by atoms with van der Waals surface area (Å²) in [6.07, 6.45) is 2.44. The number of benzene rings is 1. The number of ether oxygens (including phenoxy) is 1. The van der Waals surface area contributed by atoms with Crippen LogP contribution in [-0.4, -0.2) is 38.7 Å². The molecule has 2 heterocycles. The molecular weight excluding hydrogens is 320 g/mol. The first-order valence-electron chi connectivity index (χ1n) is 7.73. The molecule has 3 aromatic rings. The van der Waals surface area contributed by atoms with Gasteiger partial charge in [-0.25, -0.2) is 4.98 Å². The van der Waals surface area contributed by atoms with E-state index in [1.54, 1.807) is 18.3 Å². The lowest BCUT2D eigenvalue weighted by Gasteiger charge is -2.09. The van der Waals surface area contributed by atoms with Gasteiger partial charge in [-0.2, -0.15) is 15.0 Å². The maximum absolute atomic E-state index is 9.30. The topological polar surface area (TPSA) is 105 Å². The van der Waals surface area contributed by atoms with E-state index in [-0.39, 0.29) is 11.8 Å². The predicted octanol–water partition coefficient (Wildman–Crippen LogP) is 2.38. The molecule has 25 heavy (non-hydrogen) atoms. The highest BCUT2D eigenvalue weighted by Gasteiger charge is 2.07. The zero-order chi connectivity index (χ0) is 17.5. The SMILES string of the molecule is COc1nc(NCCc2ccc(O)cc2)nc(Nc2ccccn2)n1. The van der Waals surface area contributed by atoms with Crippen molar-refractivity contribution in [3.63, 3.8) is 0 Å². The third-order valence-electron chi connectivity index (χ3n) is 3.34. The molecule has 0 bridgehead atoms. The number of rotatable bonds is 7. The zero-order valence-corrected chi connectivity index (χ0v) is 13.7. The van der Waals surface area contributed by atoms with Crippen LogP contribution in [0, 0.1) is 0 Å². The van der Waals surface area contributed by atoms with Crippen molar-refractivity contribution in [3.05, 3.63) is 54.2 Å². The van der Waals surface area contributed by atoms with Crippen LogP contribution in [0.5, 0.6) is 11.8 Å². The van der Waals surface area contributed by atoms with E-state index < -0.39 is 0 Å². The van der Waals surface area contributed by atoms with E-state index in [1.807, 2.05) is 30.3 Å². The minimum atomic E-state index is 0.209. The predicted molar refractivity (Wildman–Crippen MR) is 94.2 cm³/mol. The minimum absolute atomic E-state index is 0.209. The first kappa shape index (κ1) is 16.4. The summed E-state index contributed by atoms with van der Waals surface area (Å²) in [6.45, 7) is 0.626. The van der Waals surface area contributed by atoms with E-state index in [2.05, 4.69) is 30.6 Å². The van der Waals surface area contributed by atoms with Gasteiger partial charge in [-0.05, 0) is 36.2 Å². The molecule has 0 saturated heterocycles. The highest BCUT2D eigenvalue weighted by molar-refractivity contribution is 5.49. The monoisotopic (exact) mass is 338 g/mol. The van der Waals surface area contributed by atoms with Crippen molar-refractivity contribution in [1.82, 2.24) is 19.9 Å². The quantitative estimate of drug-likeness (QED) is 0.603. The van der Waals surface area contributed by atoms with Crippen LogP contribution in [0.4, 0.5) is 17.7 Å². The summed E-state index contributed by atoms with van der Waals surface area (Å²) in [5.74, 6) is 1.64. The number of phenolic OH excluding ortho intramolecular Hbond substituents is 1. The fourth-order valence-electron chi connectivity index (χ4n) is 2.12. The summed E-state index contributed by atoms with van der Waals surface area (Å²) in [6, 6.07) is 12.8. The lowest BCUT2D eigenvalue weighted by Crippen LogP contribution is -2.11. The van der Waals surface area contributed by atoms with Gasteiger partial charge in [0.25, 0.3) is 0 Å². The normalized spacial score (nSPS) is 10.3. The first-order valence-corrected chi connectivity index (χ1v) is 7.73. The van der Waals surface area contributed by atoms with Crippen LogP contribution in [0.1, 0.15) is 5.56 Å². The lowest BCUT2D eigenvalue weighted by molar-refractivity contribution is 0.379. The first-order chi connectivity index (χ1) is 12.2. The number of hydrogen-bond donors (Lipinski definition) is 3. The molecule has 3 N–H and O–H groups in total. The maximum atomic E-state index is 9.30. The summed E-state index contributed by atoms with van der Waals surface area (Å²) in [7, 11) is 1.50. The molecule has 0 atom stereocenters. The van der Waals surface area contributed by atoms with Crippen molar-refractivity contribution in [1.29, 1.82) is 0 Å². The number of hydrogen-bond acceptors (Lipinski definition) is 8. The number of aromatic nitrogens is 4. The molecule has 3 rings (SSSR count). The molecule has 0 amide bonds. The highest BCUT2D eigenvalue weighted by atomic mass is 16.5. The van der Waals surface area contributed by atoms with Gasteiger partial charge >= 0.3 is 6.01 Å². The molecule has 0 aliphatic rings. The average Bonchev–Trinajstić information content (AvgIpc) is 2.64. The maximum Gasteiger partial charge on any atom is 0.322 e. The van der Waals surface area contributed by atoms with Crippen LogP contribution in [-0.2, 0) is 6.42 Å². The van der Waals surface area contributed by atoms with E-state index in [4.69, 9.17) is 4.74 Å². The fraction of sp³-hybridized carbons (Fsp3) is 0.176. The second-order valence-corrected chi connectivity index (χ2v) is 5.15. The van der Waals surface area contributed by atoms with Crippen LogP contribution < -0.4 is 15.4 Å². The Kier molecular flexibility index (Phi) is 5.20. The molecule has 1 aromatic carbocycles. The third-order valence-corrected chi connectivity index (χ3v) is 3.34. The molecule has 0 radical (unpaired) electrons. The number of methoxy groups -OCH3 is 1. The third kappa shape index (κ3) is 4.77. The molecule has 0 fully saturated rings. The number of anilines is 3. The Balaban J connectivity index is 1.65. The second-order valence-electron chi connectivity index (χ2n) is 5.15. The average molecular weight is 338 g/mol. The van der Waals surface area contributed by atoms with Crippen LogP contribution in [0.3, 0.4) is 0 Å². The van der Waals surface area contributed by atoms with Gasteiger partial charge in [0.15, 0.2) is 0 Å². The molecule has 8 heteroatoms. The summed E-state index contributed by atoms with van der Waals surface area (Å²) >= 11 is 0. The Bertz CT molecular complexity index is 811. The van der Waals surface area contributed by atoms with Crippen molar-refractivity contribution >= 4 is 17.7 Å². The lowest BCUT2D eigenvalue weighted by atomic mass is 10.1. The van der Waals surface area contributed by atoms with Gasteiger partial charge in [0.1, 0.15) is 11.6 Å². The molecule has 0 aliphatic heterocycles. The van der Waals surface area contributed by atoms with Gasteiger partial charge in [-0.15, -0.1) is 0 Å². The molecule has 2 aromatic heterocycles. The zero-order valence-electron chi connectivity index (χ0n) is 13.7. The Hall–Kier alpha value is -3.42. The summed E-state index contributed by atoms with van der Waals surface area (Å²) in [5.41, 5.74) is 1.10. The second kappa shape index (κ2) is 7.91.